The maximum atomic E-state index is 12.5. The number of carbonyl (C=O) groups excluding carboxylic acids is 1. The van der Waals surface area contributed by atoms with Crippen molar-refractivity contribution in [1.82, 2.24) is 25.1 Å². The Bertz CT molecular complexity index is 718. The lowest BCUT2D eigenvalue weighted by atomic mass is 9.99. The van der Waals surface area contributed by atoms with Gasteiger partial charge in [-0.15, -0.1) is 0 Å². The van der Waals surface area contributed by atoms with Gasteiger partial charge in [0.1, 0.15) is 5.82 Å². The van der Waals surface area contributed by atoms with Crippen molar-refractivity contribution >= 4 is 5.91 Å². The quantitative estimate of drug-likeness (QED) is 0.880. The van der Waals surface area contributed by atoms with E-state index < -0.39 is 0 Å². The summed E-state index contributed by atoms with van der Waals surface area (Å²) in [5, 5.41) is 10.1. The number of H-pyrrole nitrogens is 1. The molecular weight excluding hydrogens is 306 g/mol. The number of rotatable bonds is 5. The van der Waals surface area contributed by atoms with Gasteiger partial charge in [-0.25, -0.2) is 4.98 Å². The van der Waals surface area contributed by atoms with Crippen molar-refractivity contribution in [2.45, 2.75) is 59.4 Å². The number of aromatic amines is 1. The summed E-state index contributed by atoms with van der Waals surface area (Å²) >= 11 is 0. The third-order valence-corrected chi connectivity index (χ3v) is 4.22. The van der Waals surface area contributed by atoms with E-state index >= 15 is 0 Å². The fraction of sp³-hybridized carbons (Fsp3) is 0.588. The molecule has 0 fully saturated rings. The van der Waals surface area contributed by atoms with Crippen molar-refractivity contribution in [1.29, 1.82) is 0 Å². The number of amides is 1. The predicted molar refractivity (Wildman–Crippen MR) is 89.5 cm³/mol. The van der Waals surface area contributed by atoms with Crippen LogP contribution in [0, 0.1) is 5.92 Å². The molecule has 0 spiro atoms. The van der Waals surface area contributed by atoms with E-state index in [4.69, 9.17) is 4.74 Å². The monoisotopic (exact) mass is 331 g/mol. The summed E-state index contributed by atoms with van der Waals surface area (Å²) in [5.74, 6) is 1.20. The highest BCUT2D eigenvalue weighted by molar-refractivity contribution is 5.94. The van der Waals surface area contributed by atoms with E-state index in [1.807, 2.05) is 20.0 Å². The van der Waals surface area contributed by atoms with Crippen LogP contribution in [0.3, 0.4) is 0 Å². The number of fused-ring (bicyclic) bond motifs is 1. The van der Waals surface area contributed by atoms with Crippen molar-refractivity contribution in [3.05, 3.63) is 35.2 Å². The first-order chi connectivity index (χ1) is 11.5. The summed E-state index contributed by atoms with van der Waals surface area (Å²) in [6.45, 7) is 9.57. The standard InChI is InChI=1S/C17H25N5O2/c1-10(2)9-22-6-5-18-14(22)8-19-17(23)16-13-7-11(3)24-12(4)15(13)20-21-16/h5-6,10-12H,7-9H2,1-4H3,(H,19,23)(H,20,21)/t11-,12+/m0/s1. The third-order valence-electron chi connectivity index (χ3n) is 4.22. The molecule has 7 nitrogen and oxygen atoms in total. The van der Waals surface area contributed by atoms with Gasteiger partial charge < -0.3 is 14.6 Å². The number of aromatic nitrogens is 4. The lowest BCUT2D eigenvalue weighted by molar-refractivity contribution is -0.00697. The number of carbonyl (C=O) groups is 1. The van der Waals surface area contributed by atoms with Gasteiger partial charge in [0, 0.05) is 30.9 Å². The van der Waals surface area contributed by atoms with Crippen LogP contribution in [0.25, 0.3) is 0 Å². The minimum atomic E-state index is -0.173. The Hall–Kier alpha value is -2.15. The number of ether oxygens (including phenoxy) is 1. The van der Waals surface area contributed by atoms with Crippen LogP contribution >= 0.6 is 0 Å². The van der Waals surface area contributed by atoms with Crippen molar-refractivity contribution in [2.75, 3.05) is 0 Å². The Labute approximate surface area is 141 Å². The van der Waals surface area contributed by atoms with Crippen LogP contribution < -0.4 is 5.32 Å². The van der Waals surface area contributed by atoms with Crippen molar-refractivity contribution in [3.63, 3.8) is 0 Å². The highest BCUT2D eigenvalue weighted by Crippen LogP contribution is 2.30. The maximum Gasteiger partial charge on any atom is 0.272 e. The molecule has 24 heavy (non-hydrogen) atoms. The van der Waals surface area contributed by atoms with Gasteiger partial charge in [-0.05, 0) is 19.8 Å². The molecule has 2 atom stereocenters. The summed E-state index contributed by atoms with van der Waals surface area (Å²) in [6, 6.07) is 0. The van der Waals surface area contributed by atoms with Crippen LogP contribution in [0.1, 0.15) is 61.4 Å². The zero-order valence-electron chi connectivity index (χ0n) is 14.7. The van der Waals surface area contributed by atoms with E-state index in [2.05, 4.69) is 38.9 Å². The van der Waals surface area contributed by atoms with Crippen molar-refractivity contribution < 1.29 is 9.53 Å². The van der Waals surface area contributed by atoms with Gasteiger partial charge in [0.05, 0.1) is 24.4 Å². The van der Waals surface area contributed by atoms with E-state index in [1.54, 1.807) is 6.20 Å². The molecule has 2 aromatic rings. The average molecular weight is 331 g/mol. The normalized spacial score (nSPS) is 20.2. The van der Waals surface area contributed by atoms with E-state index in [9.17, 15) is 4.79 Å². The topological polar surface area (TPSA) is 84.8 Å². The molecule has 130 valence electrons. The van der Waals surface area contributed by atoms with Crippen molar-refractivity contribution in [2.24, 2.45) is 5.92 Å². The Kier molecular flexibility index (Phi) is 4.71. The largest absolute Gasteiger partial charge is 0.369 e. The summed E-state index contributed by atoms with van der Waals surface area (Å²) in [7, 11) is 0. The molecule has 2 N–H and O–H groups in total. The average Bonchev–Trinajstić information content (AvgIpc) is 3.11. The summed E-state index contributed by atoms with van der Waals surface area (Å²) in [6.07, 6.45) is 4.42. The number of nitrogens with zero attached hydrogens (tertiary/aromatic N) is 3. The SMILES string of the molecule is CC(C)Cn1ccnc1CNC(=O)c1n[nH]c2c1C[C@H](C)O[C@@H]2C. The number of imidazole rings is 1. The molecule has 1 aliphatic heterocycles. The van der Waals surface area contributed by atoms with Gasteiger partial charge in [-0.2, -0.15) is 5.10 Å². The van der Waals surface area contributed by atoms with Gasteiger partial charge in [0.2, 0.25) is 0 Å². The lowest BCUT2D eigenvalue weighted by Gasteiger charge is -2.25. The highest BCUT2D eigenvalue weighted by Gasteiger charge is 2.29. The Morgan fingerprint density at radius 1 is 1.50 bits per heavy atom. The third kappa shape index (κ3) is 3.36. The minimum Gasteiger partial charge on any atom is -0.369 e. The summed E-state index contributed by atoms with van der Waals surface area (Å²) in [5.41, 5.74) is 2.33. The fourth-order valence-electron chi connectivity index (χ4n) is 3.17. The maximum absolute atomic E-state index is 12.5. The second-order valence-corrected chi connectivity index (χ2v) is 6.83. The van der Waals surface area contributed by atoms with Gasteiger partial charge in [-0.3, -0.25) is 9.89 Å². The zero-order chi connectivity index (χ0) is 17.3. The van der Waals surface area contributed by atoms with Crippen molar-refractivity contribution in [3.8, 4) is 0 Å². The Morgan fingerprint density at radius 2 is 2.29 bits per heavy atom. The molecule has 3 heterocycles. The molecule has 0 bridgehead atoms. The molecule has 0 aromatic carbocycles. The van der Waals surface area contributed by atoms with Gasteiger partial charge in [0.15, 0.2) is 5.69 Å². The summed E-state index contributed by atoms with van der Waals surface area (Å²) in [4.78, 5) is 16.9. The zero-order valence-corrected chi connectivity index (χ0v) is 14.7. The van der Waals surface area contributed by atoms with Crippen LogP contribution in [-0.2, 0) is 24.2 Å². The highest BCUT2D eigenvalue weighted by atomic mass is 16.5. The fourth-order valence-corrected chi connectivity index (χ4v) is 3.17. The second-order valence-electron chi connectivity index (χ2n) is 6.83. The molecule has 0 radical (unpaired) electrons. The van der Waals surface area contributed by atoms with E-state index in [0.717, 1.165) is 23.6 Å². The molecule has 2 aromatic heterocycles. The lowest BCUT2D eigenvalue weighted by Crippen LogP contribution is -2.28. The number of hydrogen-bond donors (Lipinski definition) is 2. The molecule has 1 aliphatic rings. The van der Waals surface area contributed by atoms with Crippen LogP contribution in [0.4, 0.5) is 0 Å². The van der Waals surface area contributed by atoms with Crippen LogP contribution in [0.15, 0.2) is 12.4 Å². The Morgan fingerprint density at radius 3 is 3.04 bits per heavy atom. The van der Waals surface area contributed by atoms with Crippen LogP contribution in [0.2, 0.25) is 0 Å². The van der Waals surface area contributed by atoms with Gasteiger partial charge in [0.25, 0.3) is 5.91 Å². The van der Waals surface area contributed by atoms with Gasteiger partial charge in [-0.1, -0.05) is 13.8 Å². The molecule has 0 saturated heterocycles. The number of nitrogens with one attached hydrogen (secondary N) is 2. The molecule has 0 saturated carbocycles. The molecule has 0 unspecified atom stereocenters. The molecular formula is C17H25N5O2. The summed E-state index contributed by atoms with van der Waals surface area (Å²) < 4.78 is 7.83. The second kappa shape index (κ2) is 6.76. The molecule has 7 heteroatoms. The minimum absolute atomic E-state index is 0.0669. The van der Waals surface area contributed by atoms with Crippen LogP contribution in [-0.4, -0.2) is 31.8 Å². The van der Waals surface area contributed by atoms with E-state index in [-0.39, 0.29) is 18.1 Å². The first kappa shape index (κ1) is 16.7. The van der Waals surface area contributed by atoms with E-state index in [0.29, 0.717) is 24.6 Å². The first-order valence-electron chi connectivity index (χ1n) is 8.46. The smallest absolute Gasteiger partial charge is 0.272 e. The Balaban J connectivity index is 1.70. The van der Waals surface area contributed by atoms with Gasteiger partial charge >= 0.3 is 0 Å². The predicted octanol–water partition coefficient (Wildman–Crippen LogP) is 2.21. The number of hydrogen-bond acceptors (Lipinski definition) is 4. The molecule has 3 rings (SSSR count). The van der Waals surface area contributed by atoms with E-state index in [1.165, 1.54) is 0 Å². The molecule has 0 aliphatic carbocycles. The van der Waals surface area contributed by atoms with Crippen LogP contribution in [0.5, 0.6) is 0 Å². The first-order valence-corrected chi connectivity index (χ1v) is 8.46. The molecule has 1 amide bonds.